The average Bonchev–Trinajstić information content (AvgIpc) is 3.17. The Morgan fingerprint density at radius 3 is 2.49 bits per heavy atom. The van der Waals surface area contributed by atoms with Gasteiger partial charge >= 0.3 is 12.1 Å². The van der Waals surface area contributed by atoms with Gasteiger partial charge in [-0.25, -0.2) is 4.79 Å². The third kappa shape index (κ3) is 7.33. The van der Waals surface area contributed by atoms with Crippen LogP contribution in [0.3, 0.4) is 0 Å². The van der Waals surface area contributed by atoms with Gasteiger partial charge in [0.15, 0.2) is 0 Å². The lowest BCUT2D eigenvalue weighted by Gasteiger charge is -2.33. The molecule has 0 aliphatic rings. The Hall–Kier alpha value is -3.32. The molecule has 7 nitrogen and oxygen atoms in total. The molecule has 0 aliphatic heterocycles. The van der Waals surface area contributed by atoms with Gasteiger partial charge in [-0.1, -0.05) is 42.5 Å². The molecule has 1 unspecified atom stereocenters. The molecule has 0 saturated heterocycles. The highest BCUT2D eigenvalue weighted by Gasteiger charge is 2.27. The van der Waals surface area contributed by atoms with Crippen LogP contribution in [-0.2, 0) is 16.0 Å². The van der Waals surface area contributed by atoms with Crippen molar-refractivity contribution < 1.29 is 19.4 Å². The molecule has 1 amide bonds. The van der Waals surface area contributed by atoms with Crippen LogP contribution in [0.25, 0.3) is 10.9 Å². The number of amides is 1. The number of carboxylic acid groups (broad SMARTS) is 1. The second kappa shape index (κ2) is 11.4. The number of aliphatic carboxylic acids is 1. The van der Waals surface area contributed by atoms with Crippen molar-refractivity contribution in [2.75, 3.05) is 13.1 Å². The Balaban J connectivity index is 1.74. The predicted octanol–water partition coefficient (Wildman–Crippen LogP) is 5.45. The lowest BCUT2D eigenvalue weighted by Crippen LogP contribution is -2.44. The van der Waals surface area contributed by atoms with Crippen LogP contribution in [0, 0.1) is 6.92 Å². The number of nitrogens with one attached hydrogen (secondary N) is 2. The Bertz CT molecular complexity index is 1150. The number of hydrogen-bond acceptors (Lipinski definition) is 4. The third-order valence-electron chi connectivity index (χ3n) is 6.08. The number of aromatic nitrogens is 1. The number of H-pyrrole nitrogens is 1. The number of carbonyl (C=O) groups excluding carboxylic acids is 1. The zero-order valence-corrected chi connectivity index (χ0v) is 21.3. The fourth-order valence-corrected chi connectivity index (χ4v) is 4.37. The highest BCUT2D eigenvalue weighted by Crippen LogP contribution is 2.25. The van der Waals surface area contributed by atoms with E-state index in [-0.39, 0.29) is 24.6 Å². The summed E-state index contributed by atoms with van der Waals surface area (Å²) in [5, 5.41) is 14.0. The monoisotopic (exact) mass is 479 g/mol. The fourth-order valence-electron chi connectivity index (χ4n) is 4.37. The minimum Gasteiger partial charge on any atom is -0.481 e. The van der Waals surface area contributed by atoms with Crippen LogP contribution in [0.15, 0.2) is 54.7 Å². The second-order valence-corrected chi connectivity index (χ2v) is 10.0. The minimum absolute atomic E-state index is 0.0146. The van der Waals surface area contributed by atoms with E-state index in [4.69, 9.17) is 4.74 Å². The number of rotatable bonds is 10. The van der Waals surface area contributed by atoms with E-state index < -0.39 is 11.6 Å². The first-order chi connectivity index (χ1) is 16.5. The summed E-state index contributed by atoms with van der Waals surface area (Å²) in [6.07, 6.45) is 2.10. The predicted molar refractivity (Wildman–Crippen MR) is 139 cm³/mol. The Morgan fingerprint density at radius 2 is 1.80 bits per heavy atom. The topological polar surface area (TPSA) is 94.7 Å². The summed E-state index contributed by atoms with van der Waals surface area (Å²) in [4.78, 5) is 29.6. The van der Waals surface area contributed by atoms with Crippen LogP contribution in [0.4, 0.5) is 4.79 Å². The van der Waals surface area contributed by atoms with Crippen LogP contribution < -0.4 is 5.32 Å². The first kappa shape index (κ1) is 26.3. The molecule has 0 radical (unpaired) electrons. The molecule has 3 aromatic rings. The summed E-state index contributed by atoms with van der Waals surface area (Å²) in [6.45, 7) is 10.4. The molecule has 3 rings (SSSR count). The van der Waals surface area contributed by atoms with E-state index >= 15 is 0 Å². The second-order valence-electron chi connectivity index (χ2n) is 10.0. The highest BCUT2D eigenvalue weighted by molar-refractivity contribution is 5.83. The SMILES string of the molecule is Cc1ccccc1C(C)N(CCN[C@H](CC(=O)O)Cc1c[nH]c2ccccc12)C(=O)OC(C)(C)C. The van der Waals surface area contributed by atoms with Crippen LogP contribution in [0.2, 0.25) is 0 Å². The number of nitrogens with zero attached hydrogens (tertiary/aromatic N) is 1. The standard InChI is InChI=1S/C28H37N3O4/c1-19-10-6-7-11-23(19)20(2)31(27(34)35-28(3,4)5)15-14-29-22(17-26(32)33)16-21-18-30-25-13-9-8-12-24(21)25/h6-13,18,20,22,29-30H,14-17H2,1-5H3,(H,32,33)/t20?,22-/m0/s1. The fraction of sp³-hybridized carbons (Fsp3) is 0.429. The number of para-hydroxylation sites is 1. The van der Waals surface area contributed by atoms with Gasteiger partial charge in [-0.2, -0.15) is 0 Å². The Morgan fingerprint density at radius 1 is 1.11 bits per heavy atom. The minimum atomic E-state index is -0.861. The normalized spacial score (nSPS) is 13.4. The summed E-state index contributed by atoms with van der Waals surface area (Å²) in [7, 11) is 0. The van der Waals surface area contributed by atoms with E-state index in [0.29, 0.717) is 19.5 Å². The number of carboxylic acids is 1. The van der Waals surface area contributed by atoms with E-state index in [2.05, 4.69) is 10.3 Å². The lowest BCUT2D eigenvalue weighted by atomic mass is 10.0. The van der Waals surface area contributed by atoms with E-state index in [1.54, 1.807) is 4.90 Å². The maximum absolute atomic E-state index is 13.1. The number of benzene rings is 2. The van der Waals surface area contributed by atoms with Gasteiger partial charge in [0.25, 0.3) is 0 Å². The van der Waals surface area contributed by atoms with Gasteiger partial charge in [0.05, 0.1) is 12.5 Å². The number of hydrogen-bond donors (Lipinski definition) is 3. The van der Waals surface area contributed by atoms with Gasteiger partial charge < -0.3 is 25.0 Å². The molecular formula is C28H37N3O4. The molecule has 0 spiro atoms. The summed E-state index contributed by atoms with van der Waals surface area (Å²) in [5.41, 5.74) is 3.63. The quantitative estimate of drug-likeness (QED) is 0.359. The molecule has 3 N–H and O–H groups in total. The van der Waals surface area contributed by atoms with E-state index in [1.807, 2.05) is 89.3 Å². The van der Waals surface area contributed by atoms with Gasteiger partial charge in [0.2, 0.25) is 0 Å². The zero-order valence-electron chi connectivity index (χ0n) is 21.3. The first-order valence-electron chi connectivity index (χ1n) is 12.1. The van der Waals surface area contributed by atoms with Crippen molar-refractivity contribution in [1.82, 2.24) is 15.2 Å². The summed E-state index contributed by atoms with van der Waals surface area (Å²) < 4.78 is 5.70. The van der Waals surface area contributed by atoms with E-state index in [1.165, 1.54) is 0 Å². The van der Waals surface area contributed by atoms with Crippen molar-refractivity contribution in [2.24, 2.45) is 0 Å². The lowest BCUT2D eigenvalue weighted by molar-refractivity contribution is -0.137. The summed E-state index contributed by atoms with van der Waals surface area (Å²) in [6, 6.07) is 15.5. The molecule has 188 valence electrons. The van der Waals surface area contributed by atoms with Crippen LogP contribution in [0.1, 0.15) is 56.8 Å². The number of aryl methyl sites for hydroxylation is 1. The maximum atomic E-state index is 13.1. The molecular weight excluding hydrogens is 442 g/mol. The molecule has 0 aliphatic carbocycles. The van der Waals surface area contributed by atoms with Crippen molar-refractivity contribution in [1.29, 1.82) is 0 Å². The van der Waals surface area contributed by atoms with Crippen molar-refractivity contribution in [2.45, 2.75) is 65.1 Å². The maximum Gasteiger partial charge on any atom is 0.410 e. The van der Waals surface area contributed by atoms with Gasteiger partial charge in [0.1, 0.15) is 5.60 Å². The molecule has 1 heterocycles. The van der Waals surface area contributed by atoms with E-state index in [9.17, 15) is 14.7 Å². The van der Waals surface area contributed by atoms with Gasteiger partial charge in [-0.3, -0.25) is 4.79 Å². The summed E-state index contributed by atoms with van der Waals surface area (Å²) in [5.74, 6) is -0.861. The third-order valence-corrected chi connectivity index (χ3v) is 6.08. The van der Waals surface area contributed by atoms with Gasteiger partial charge in [-0.15, -0.1) is 0 Å². The van der Waals surface area contributed by atoms with Crippen molar-refractivity contribution in [3.63, 3.8) is 0 Å². The van der Waals surface area contributed by atoms with Crippen molar-refractivity contribution in [3.8, 4) is 0 Å². The van der Waals surface area contributed by atoms with E-state index in [0.717, 1.165) is 27.6 Å². The molecule has 2 aromatic carbocycles. The first-order valence-corrected chi connectivity index (χ1v) is 12.1. The van der Waals surface area contributed by atoms with Crippen molar-refractivity contribution in [3.05, 3.63) is 71.4 Å². The van der Waals surface area contributed by atoms with Crippen LogP contribution in [0.5, 0.6) is 0 Å². The van der Waals surface area contributed by atoms with Gasteiger partial charge in [-0.05, 0) is 63.8 Å². The van der Waals surface area contributed by atoms with Crippen molar-refractivity contribution >= 4 is 23.0 Å². The molecule has 0 saturated carbocycles. The smallest absolute Gasteiger partial charge is 0.410 e. The molecule has 0 bridgehead atoms. The summed E-state index contributed by atoms with van der Waals surface area (Å²) >= 11 is 0. The number of fused-ring (bicyclic) bond motifs is 1. The molecule has 1 aromatic heterocycles. The number of aromatic amines is 1. The van der Waals surface area contributed by atoms with Crippen LogP contribution in [-0.4, -0.2) is 51.8 Å². The Labute approximate surface area is 207 Å². The number of carbonyl (C=O) groups is 2. The molecule has 7 heteroatoms. The largest absolute Gasteiger partial charge is 0.481 e. The Kier molecular flexibility index (Phi) is 8.57. The van der Waals surface area contributed by atoms with Crippen LogP contribution >= 0.6 is 0 Å². The molecule has 35 heavy (non-hydrogen) atoms. The number of ether oxygens (including phenoxy) is 1. The average molecular weight is 480 g/mol. The molecule has 0 fully saturated rings. The highest BCUT2D eigenvalue weighted by atomic mass is 16.6. The zero-order chi connectivity index (χ0) is 25.6. The molecule has 2 atom stereocenters. The van der Waals surface area contributed by atoms with Gasteiger partial charge in [0, 0.05) is 36.2 Å².